The van der Waals surface area contributed by atoms with Crippen molar-refractivity contribution >= 4 is 11.4 Å². The lowest BCUT2D eigenvalue weighted by molar-refractivity contribution is -0.0473. The fourth-order valence-electron chi connectivity index (χ4n) is 3.65. The first kappa shape index (κ1) is 25.1. The van der Waals surface area contributed by atoms with Gasteiger partial charge in [-0.15, -0.1) is 0 Å². The Hall–Kier alpha value is -2.18. The molecule has 0 fully saturated rings. The molecule has 0 radical (unpaired) electrons. The molecule has 1 aliphatic carbocycles. The number of anilines is 2. The molecule has 0 saturated carbocycles. The van der Waals surface area contributed by atoms with E-state index in [2.05, 4.69) is 0 Å². The standard InChI is InChI=1S/C21H36N6O4/c22-16-1-3-17(4-2-16)26(10-13-29)15-20(31,9-12-28)19(23)27(11-14-30)18-5-7-21(24,25)8-6-18/h1-7,19,28-31H,8-15,22-25H2. The topological polar surface area (TPSA) is 191 Å². The predicted octanol–water partition coefficient (Wildman–Crippen LogP) is -1.78. The summed E-state index contributed by atoms with van der Waals surface area (Å²) in [7, 11) is 0. The summed E-state index contributed by atoms with van der Waals surface area (Å²) in [4.78, 5) is 3.45. The zero-order valence-corrected chi connectivity index (χ0v) is 17.8. The third kappa shape index (κ3) is 6.65. The molecule has 1 aliphatic rings. The van der Waals surface area contributed by atoms with Crippen LogP contribution in [0, 0.1) is 0 Å². The first-order valence-electron chi connectivity index (χ1n) is 10.3. The van der Waals surface area contributed by atoms with Crippen LogP contribution >= 0.6 is 0 Å². The molecule has 0 heterocycles. The lowest BCUT2D eigenvalue weighted by Gasteiger charge is -2.45. The van der Waals surface area contributed by atoms with Crippen LogP contribution in [-0.4, -0.2) is 82.2 Å². The maximum atomic E-state index is 11.6. The minimum Gasteiger partial charge on any atom is -0.399 e. The Morgan fingerprint density at radius 2 is 1.68 bits per heavy atom. The van der Waals surface area contributed by atoms with Crippen molar-refractivity contribution in [3.8, 4) is 0 Å². The molecule has 10 heteroatoms. The van der Waals surface area contributed by atoms with E-state index in [-0.39, 0.29) is 45.9 Å². The van der Waals surface area contributed by atoms with E-state index in [1.807, 2.05) is 0 Å². The quantitative estimate of drug-likeness (QED) is 0.137. The van der Waals surface area contributed by atoms with Crippen molar-refractivity contribution in [2.45, 2.75) is 30.3 Å². The summed E-state index contributed by atoms with van der Waals surface area (Å²) in [6.45, 7) is -0.183. The second-order valence-corrected chi connectivity index (χ2v) is 7.95. The normalized spacial score (nSPS) is 18.2. The van der Waals surface area contributed by atoms with Gasteiger partial charge in [-0.3, -0.25) is 0 Å². The van der Waals surface area contributed by atoms with E-state index in [9.17, 15) is 20.4 Å². The van der Waals surface area contributed by atoms with Crippen molar-refractivity contribution in [3.63, 3.8) is 0 Å². The molecule has 12 N–H and O–H groups in total. The third-order valence-electron chi connectivity index (χ3n) is 5.43. The van der Waals surface area contributed by atoms with Crippen molar-refractivity contribution in [2.75, 3.05) is 50.1 Å². The molecule has 1 aromatic rings. The number of benzene rings is 1. The molecule has 2 unspecified atom stereocenters. The number of aliphatic hydroxyl groups excluding tert-OH is 3. The van der Waals surface area contributed by atoms with Crippen LogP contribution in [-0.2, 0) is 0 Å². The first-order chi connectivity index (χ1) is 14.7. The van der Waals surface area contributed by atoms with E-state index in [4.69, 9.17) is 22.9 Å². The summed E-state index contributed by atoms with van der Waals surface area (Å²) in [6.07, 6.45) is 4.55. The number of hydrogen-bond acceptors (Lipinski definition) is 10. The van der Waals surface area contributed by atoms with Crippen molar-refractivity contribution in [1.29, 1.82) is 0 Å². The van der Waals surface area contributed by atoms with Crippen molar-refractivity contribution in [3.05, 3.63) is 48.2 Å². The highest BCUT2D eigenvalue weighted by Crippen LogP contribution is 2.27. The summed E-state index contributed by atoms with van der Waals surface area (Å²) in [6, 6.07) is 7.03. The second kappa shape index (κ2) is 10.9. The molecule has 174 valence electrons. The molecule has 10 nitrogen and oxygen atoms in total. The summed E-state index contributed by atoms with van der Waals surface area (Å²) >= 11 is 0. The minimum atomic E-state index is -1.57. The summed E-state index contributed by atoms with van der Waals surface area (Å²) in [5.74, 6) is 0. The summed E-state index contributed by atoms with van der Waals surface area (Å²) in [5.41, 5.74) is 23.6. The van der Waals surface area contributed by atoms with Crippen LogP contribution in [0.1, 0.15) is 12.8 Å². The molecule has 0 aliphatic heterocycles. The van der Waals surface area contributed by atoms with Gasteiger partial charge in [-0.25, -0.2) is 0 Å². The average Bonchev–Trinajstić information content (AvgIpc) is 2.72. The molecule has 0 bridgehead atoms. The van der Waals surface area contributed by atoms with Gasteiger partial charge >= 0.3 is 0 Å². The smallest absolute Gasteiger partial charge is 0.118 e. The lowest BCUT2D eigenvalue weighted by Crippen LogP contribution is -2.63. The van der Waals surface area contributed by atoms with Crippen LogP contribution in [0.4, 0.5) is 11.4 Å². The predicted molar refractivity (Wildman–Crippen MR) is 122 cm³/mol. The summed E-state index contributed by atoms with van der Waals surface area (Å²) < 4.78 is 0. The van der Waals surface area contributed by atoms with Crippen LogP contribution in [0.2, 0.25) is 0 Å². The monoisotopic (exact) mass is 436 g/mol. The number of nitrogen functional groups attached to an aromatic ring is 1. The molecule has 2 atom stereocenters. The van der Waals surface area contributed by atoms with Crippen LogP contribution < -0.4 is 27.8 Å². The largest absolute Gasteiger partial charge is 0.399 e. The zero-order valence-electron chi connectivity index (χ0n) is 17.8. The van der Waals surface area contributed by atoms with Crippen molar-refractivity contribution in [2.24, 2.45) is 17.2 Å². The molecule has 2 rings (SSSR count). The van der Waals surface area contributed by atoms with E-state index in [1.165, 1.54) is 0 Å². The van der Waals surface area contributed by atoms with Gasteiger partial charge in [0.15, 0.2) is 0 Å². The number of rotatable bonds is 12. The highest BCUT2D eigenvalue weighted by atomic mass is 16.3. The van der Waals surface area contributed by atoms with Gasteiger partial charge in [-0.05, 0) is 36.4 Å². The Labute approximate surface area is 183 Å². The Bertz CT molecular complexity index is 755. The molecule has 1 aromatic carbocycles. The van der Waals surface area contributed by atoms with Gasteiger partial charge < -0.3 is 53.2 Å². The minimum absolute atomic E-state index is 0.0122. The summed E-state index contributed by atoms with van der Waals surface area (Å²) in [5, 5.41) is 40.4. The van der Waals surface area contributed by atoms with Gasteiger partial charge in [0.2, 0.25) is 0 Å². The van der Waals surface area contributed by atoms with E-state index in [0.717, 1.165) is 5.69 Å². The van der Waals surface area contributed by atoms with Crippen LogP contribution in [0.15, 0.2) is 48.2 Å². The maximum absolute atomic E-state index is 11.6. The number of aliphatic hydroxyl groups is 4. The van der Waals surface area contributed by atoms with Crippen LogP contribution in [0.25, 0.3) is 0 Å². The third-order valence-corrected chi connectivity index (χ3v) is 5.43. The molecular formula is C21H36N6O4. The number of allylic oxidation sites excluding steroid dienone is 1. The highest BCUT2D eigenvalue weighted by Gasteiger charge is 2.40. The Kier molecular flexibility index (Phi) is 8.83. The molecular weight excluding hydrogens is 400 g/mol. The molecule has 31 heavy (non-hydrogen) atoms. The molecule has 0 spiro atoms. The number of nitrogens with two attached hydrogens (primary N) is 4. The van der Waals surface area contributed by atoms with Gasteiger partial charge in [0.1, 0.15) is 11.8 Å². The van der Waals surface area contributed by atoms with E-state index >= 15 is 0 Å². The zero-order chi connectivity index (χ0) is 23.1. The number of nitrogens with zero attached hydrogens (tertiary/aromatic N) is 2. The van der Waals surface area contributed by atoms with E-state index < -0.39 is 17.4 Å². The Morgan fingerprint density at radius 1 is 1.03 bits per heavy atom. The van der Waals surface area contributed by atoms with E-state index in [0.29, 0.717) is 17.8 Å². The van der Waals surface area contributed by atoms with Crippen molar-refractivity contribution in [1.82, 2.24) is 4.90 Å². The van der Waals surface area contributed by atoms with Gasteiger partial charge in [-0.2, -0.15) is 0 Å². The van der Waals surface area contributed by atoms with Gasteiger partial charge in [0, 0.05) is 49.6 Å². The molecule has 0 aromatic heterocycles. The van der Waals surface area contributed by atoms with Crippen LogP contribution in [0.5, 0.6) is 0 Å². The molecule has 0 saturated heterocycles. The SMILES string of the molecule is Nc1ccc(N(CCO)CC(O)(CCO)C(N)N(CCO)C2=CCC(N)(N)C=C2)cc1. The van der Waals surface area contributed by atoms with Gasteiger partial charge in [0.25, 0.3) is 0 Å². The Morgan fingerprint density at radius 3 is 2.19 bits per heavy atom. The molecule has 0 amide bonds. The van der Waals surface area contributed by atoms with Crippen molar-refractivity contribution < 1.29 is 20.4 Å². The number of hydrogen-bond donors (Lipinski definition) is 8. The van der Waals surface area contributed by atoms with E-state index in [1.54, 1.807) is 52.3 Å². The lowest BCUT2D eigenvalue weighted by atomic mass is 9.92. The van der Waals surface area contributed by atoms with Gasteiger partial charge in [0.05, 0.1) is 25.4 Å². The Balaban J connectivity index is 2.33. The fourth-order valence-corrected chi connectivity index (χ4v) is 3.65. The second-order valence-electron chi connectivity index (χ2n) is 7.95. The maximum Gasteiger partial charge on any atom is 0.118 e. The average molecular weight is 437 g/mol. The van der Waals surface area contributed by atoms with Gasteiger partial charge in [-0.1, -0.05) is 6.08 Å². The first-order valence-corrected chi connectivity index (χ1v) is 10.3. The van der Waals surface area contributed by atoms with Crippen LogP contribution in [0.3, 0.4) is 0 Å². The fraction of sp³-hybridized carbons (Fsp3) is 0.524. The highest BCUT2D eigenvalue weighted by molar-refractivity contribution is 5.53.